The average molecular weight is 321 g/mol. The zero-order chi connectivity index (χ0) is 16.7. The van der Waals surface area contributed by atoms with Gasteiger partial charge in [0.25, 0.3) is 11.3 Å². The van der Waals surface area contributed by atoms with Gasteiger partial charge in [0, 0.05) is 11.8 Å². The van der Waals surface area contributed by atoms with Gasteiger partial charge in [-0.3, -0.25) is 4.79 Å². The number of aryl methyl sites for hydroxylation is 1. The normalized spacial score (nSPS) is 11.2. The third-order valence-corrected chi connectivity index (χ3v) is 4.06. The van der Waals surface area contributed by atoms with Gasteiger partial charge >= 0.3 is 0 Å². The number of pyridine rings is 1. The quantitative estimate of drug-likeness (QED) is 0.575. The maximum absolute atomic E-state index is 12.9. The number of nitrogens with zero attached hydrogens (tertiary/aromatic N) is 5. The van der Waals surface area contributed by atoms with Crippen molar-refractivity contribution in [2.24, 2.45) is 0 Å². The van der Waals surface area contributed by atoms with Crippen LogP contribution in [0.3, 0.4) is 0 Å². The van der Waals surface area contributed by atoms with Crippen molar-refractivity contribution in [1.29, 1.82) is 0 Å². The van der Waals surface area contributed by atoms with E-state index in [2.05, 4.69) is 15.1 Å². The predicted molar refractivity (Wildman–Crippen MR) is 89.4 cm³/mol. The fourth-order valence-electron chi connectivity index (χ4n) is 2.91. The van der Waals surface area contributed by atoms with Crippen LogP contribution in [0.5, 0.6) is 5.75 Å². The van der Waals surface area contributed by atoms with Crippen molar-refractivity contribution < 1.29 is 4.74 Å². The van der Waals surface area contributed by atoms with Gasteiger partial charge in [-0.25, -0.2) is 4.98 Å². The molecule has 0 fully saturated rings. The molecule has 0 atom stereocenters. The lowest BCUT2D eigenvalue weighted by Crippen LogP contribution is -2.22. The Morgan fingerprint density at radius 2 is 2.04 bits per heavy atom. The highest BCUT2D eigenvalue weighted by molar-refractivity contribution is 5.81. The molecule has 0 saturated heterocycles. The van der Waals surface area contributed by atoms with E-state index in [4.69, 9.17) is 4.74 Å². The molecule has 7 nitrogen and oxygen atoms in total. The number of benzene rings is 1. The molecule has 0 unspecified atom stereocenters. The SMILES string of the molecule is COc1ccccc1Cn1ccc2c(c(C)nc3ncnn32)c1=O. The minimum Gasteiger partial charge on any atom is -0.496 e. The van der Waals surface area contributed by atoms with Crippen LogP contribution in [-0.2, 0) is 6.54 Å². The van der Waals surface area contributed by atoms with Crippen molar-refractivity contribution in [3.8, 4) is 5.75 Å². The van der Waals surface area contributed by atoms with Crippen LogP contribution in [0.25, 0.3) is 16.7 Å². The maximum atomic E-state index is 12.9. The molecule has 3 heterocycles. The van der Waals surface area contributed by atoms with Gasteiger partial charge in [-0.05, 0) is 19.1 Å². The van der Waals surface area contributed by atoms with Crippen molar-refractivity contribution in [3.63, 3.8) is 0 Å². The van der Waals surface area contributed by atoms with Gasteiger partial charge < -0.3 is 9.30 Å². The second-order valence-corrected chi connectivity index (χ2v) is 5.49. The summed E-state index contributed by atoms with van der Waals surface area (Å²) in [6, 6.07) is 9.52. The van der Waals surface area contributed by atoms with Gasteiger partial charge in [-0.2, -0.15) is 14.6 Å². The number of fused-ring (bicyclic) bond motifs is 3. The largest absolute Gasteiger partial charge is 0.496 e. The summed E-state index contributed by atoms with van der Waals surface area (Å²) in [4.78, 5) is 21.4. The molecule has 4 rings (SSSR count). The number of ether oxygens (including phenoxy) is 1. The van der Waals surface area contributed by atoms with Crippen LogP contribution in [0, 0.1) is 6.92 Å². The Kier molecular flexibility index (Phi) is 3.26. The van der Waals surface area contributed by atoms with Crippen molar-refractivity contribution in [1.82, 2.24) is 24.1 Å². The Bertz CT molecular complexity index is 1110. The molecule has 7 heteroatoms. The van der Waals surface area contributed by atoms with E-state index in [1.54, 1.807) is 22.4 Å². The topological polar surface area (TPSA) is 74.3 Å². The molecule has 0 aliphatic heterocycles. The van der Waals surface area contributed by atoms with Gasteiger partial charge in [0.05, 0.1) is 30.3 Å². The molecular weight excluding hydrogens is 306 g/mol. The van der Waals surface area contributed by atoms with Crippen molar-refractivity contribution in [2.75, 3.05) is 7.11 Å². The van der Waals surface area contributed by atoms with Gasteiger partial charge in [0.2, 0.25) is 0 Å². The van der Waals surface area contributed by atoms with Crippen LogP contribution in [-0.4, -0.2) is 31.3 Å². The zero-order valence-electron chi connectivity index (χ0n) is 13.3. The van der Waals surface area contributed by atoms with E-state index >= 15 is 0 Å². The average Bonchev–Trinajstić information content (AvgIpc) is 3.05. The third-order valence-electron chi connectivity index (χ3n) is 4.06. The first-order valence-electron chi connectivity index (χ1n) is 7.50. The van der Waals surface area contributed by atoms with Crippen LogP contribution in [0.1, 0.15) is 11.3 Å². The van der Waals surface area contributed by atoms with Gasteiger partial charge in [-0.1, -0.05) is 18.2 Å². The minimum absolute atomic E-state index is 0.110. The van der Waals surface area contributed by atoms with E-state index in [0.29, 0.717) is 28.9 Å². The van der Waals surface area contributed by atoms with E-state index in [9.17, 15) is 4.79 Å². The van der Waals surface area contributed by atoms with Crippen molar-refractivity contribution in [3.05, 3.63) is 64.5 Å². The summed E-state index contributed by atoms with van der Waals surface area (Å²) in [5, 5.41) is 4.69. The number of methoxy groups -OCH3 is 1. The monoisotopic (exact) mass is 321 g/mol. The van der Waals surface area contributed by atoms with Crippen LogP contribution < -0.4 is 10.3 Å². The van der Waals surface area contributed by atoms with Gasteiger partial charge in [0.15, 0.2) is 0 Å². The van der Waals surface area contributed by atoms with E-state index in [-0.39, 0.29) is 5.56 Å². The Labute approximate surface area is 137 Å². The van der Waals surface area contributed by atoms with E-state index in [1.165, 1.54) is 6.33 Å². The lowest BCUT2D eigenvalue weighted by Gasteiger charge is -2.12. The molecular formula is C17H15N5O2. The molecule has 0 spiro atoms. The van der Waals surface area contributed by atoms with Gasteiger partial charge in [-0.15, -0.1) is 0 Å². The number of para-hydroxylation sites is 1. The first-order chi connectivity index (χ1) is 11.7. The molecule has 0 amide bonds. The minimum atomic E-state index is -0.110. The van der Waals surface area contributed by atoms with Gasteiger partial charge in [0.1, 0.15) is 12.1 Å². The summed E-state index contributed by atoms with van der Waals surface area (Å²) in [5.41, 5.74) is 2.18. The highest BCUT2D eigenvalue weighted by Gasteiger charge is 2.13. The zero-order valence-corrected chi connectivity index (χ0v) is 13.3. The lowest BCUT2D eigenvalue weighted by atomic mass is 10.2. The molecule has 0 aliphatic rings. The van der Waals surface area contributed by atoms with Crippen molar-refractivity contribution >= 4 is 16.7 Å². The number of aromatic nitrogens is 5. The predicted octanol–water partition coefficient (Wildman–Crippen LogP) is 1.80. The first-order valence-corrected chi connectivity index (χ1v) is 7.50. The molecule has 0 saturated carbocycles. The summed E-state index contributed by atoms with van der Waals surface area (Å²) in [5.74, 6) is 1.24. The standard InChI is InChI=1S/C17H15N5O2/c1-11-15-13(22-17(20-11)18-10-19-22)7-8-21(16(15)23)9-12-5-3-4-6-14(12)24-2/h3-8,10H,9H2,1-2H3. The van der Waals surface area contributed by atoms with E-state index < -0.39 is 0 Å². The summed E-state index contributed by atoms with van der Waals surface area (Å²) >= 11 is 0. The van der Waals surface area contributed by atoms with E-state index in [1.807, 2.05) is 37.3 Å². The Balaban J connectivity index is 1.91. The molecule has 1 aromatic carbocycles. The van der Waals surface area contributed by atoms with Crippen LogP contribution >= 0.6 is 0 Å². The molecule has 0 aliphatic carbocycles. The smallest absolute Gasteiger partial charge is 0.262 e. The second-order valence-electron chi connectivity index (χ2n) is 5.49. The fraction of sp³-hybridized carbons (Fsp3) is 0.176. The van der Waals surface area contributed by atoms with Crippen molar-refractivity contribution in [2.45, 2.75) is 13.5 Å². The molecule has 0 radical (unpaired) electrons. The fourth-order valence-corrected chi connectivity index (χ4v) is 2.91. The maximum Gasteiger partial charge on any atom is 0.262 e. The Hall–Kier alpha value is -3.22. The molecule has 0 N–H and O–H groups in total. The molecule has 3 aromatic heterocycles. The third kappa shape index (κ3) is 2.13. The molecule has 0 bridgehead atoms. The summed E-state index contributed by atoms with van der Waals surface area (Å²) in [6.45, 7) is 2.24. The first kappa shape index (κ1) is 14.4. The molecule has 120 valence electrons. The summed E-state index contributed by atoms with van der Waals surface area (Å²) < 4.78 is 8.60. The Morgan fingerprint density at radius 3 is 2.88 bits per heavy atom. The highest BCUT2D eigenvalue weighted by atomic mass is 16.5. The number of hydrogen-bond donors (Lipinski definition) is 0. The summed E-state index contributed by atoms with van der Waals surface area (Å²) in [7, 11) is 1.62. The van der Waals surface area contributed by atoms with E-state index in [0.717, 1.165) is 11.3 Å². The molecule has 24 heavy (non-hydrogen) atoms. The number of rotatable bonds is 3. The number of hydrogen-bond acceptors (Lipinski definition) is 5. The van der Waals surface area contributed by atoms with Crippen LogP contribution in [0.15, 0.2) is 47.7 Å². The Morgan fingerprint density at radius 1 is 1.21 bits per heavy atom. The highest BCUT2D eigenvalue weighted by Crippen LogP contribution is 2.19. The van der Waals surface area contributed by atoms with Crippen LogP contribution in [0.4, 0.5) is 0 Å². The second kappa shape index (κ2) is 5.45. The lowest BCUT2D eigenvalue weighted by molar-refractivity contribution is 0.408. The summed E-state index contributed by atoms with van der Waals surface area (Å²) in [6.07, 6.45) is 3.19. The molecule has 4 aromatic rings. The van der Waals surface area contributed by atoms with Crippen LogP contribution in [0.2, 0.25) is 0 Å².